The predicted octanol–water partition coefficient (Wildman–Crippen LogP) is 2.44. The molecule has 0 amide bonds. The molecule has 1 atom stereocenters. The fourth-order valence-corrected chi connectivity index (χ4v) is 2.81. The van der Waals surface area contributed by atoms with Crippen LogP contribution in [0.1, 0.15) is 18.3 Å². The van der Waals surface area contributed by atoms with Crippen LogP contribution in [0.4, 0.5) is 0 Å². The smallest absolute Gasteiger partial charge is 0.305 e. The second-order valence-corrected chi connectivity index (χ2v) is 5.46. The summed E-state index contributed by atoms with van der Waals surface area (Å²) in [7, 11) is 0. The van der Waals surface area contributed by atoms with Crippen LogP contribution in [-0.4, -0.2) is 21.0 Å². The number of rotatable bonds is 4. The van der Waals surface area contributed by atoms with Crippen molar-refractivity contribution >= 4 is 33.2 Å². The Kier molecular flexibility index (Phi) is 4.05. The predicted molar refractivity (Wildman–Crippen MR) is 72.2 cm³/mol. The van der Waals surface area contributed by atoms with Crippen LogP contribution < -0.4 is 5.73 Å². The highest BCUT2D eigenvalue weighted by atomic mass is 79.9. The minimum Gasteiger partial charge on any atom is -0.481 e. The molecule has 2 aromatic rings. The Balaban J connectivity index is 2.27. The highest BCUT2D eigenvalue weighted by Gasteiger charge is 2.14. The van der Waals surface area contributed by atoms with Gasteiger partial charge in [0.2, 0.25) is 0 Å². The summed E-state index contributed by atoms with van der Waals surface area (Å²) in [6.45, 7) is 0. The lowest BCUT2D eigenvalue weighted by Gasteiger charge is -2.07. The maximum Gasteiger partial charge on any atom is 0.305 e. The molecular formula is C11H10BrN3O2S. The molecule has 0 bridgehead atoms. The molecule has 0 aliphatic rings. The lowest BCUT2D eigenvalue weighted by molar-refractivity contribution is -0.137. The number of aromatic nitrogens is 2. The van der Waals surface area contributed by atoms with E-state index < -0.39 is 12.0 Å². The Labute approximate surface area is 116 Å². The molecule has 3 N–H and O–H groups in total. The normalized spacial score (nSPS) is 12.3. The molecule has 0 fully saturated rings. The lowest BCUT2D eigenvalue weighted by atomic mass is 10.2. The van der Waals surface area contributed by atoms with E-state index in [4.69, 9.17) is 10.8 Å². The average molecular weight is 328 g/mol. The van der Waals surface area contributed by atoms with E-state index in [1.165, 1.54) is 0 Å². The Morgan fingerprint density at radius 2 is 2.39 bits per heavy atom. The van der Waals surface area contributed by atoms with Crippen molar-refractivity contribution < 1.29 is 9.90 Å². The van der Waals surface area contributed by atoms with Crippen molar-refractivity contribution in [1.29, 1.82) is 0 Å². The first-order chi connectivity index (χ1) is 8.56. The van der Waals surface area contributed by atoms with Gasteiger partial charge in [-0.15, -0.1) is 11.3 Å². The van der Waals surface area contributed by atoms with Crippen LogP contribution in [0.5, 0.6) is 0 Å². The first kappa shape index (κ1) is 13.1. The van der Waals surface area contributed by atoms with Gasteiger partial charge in [-0.05, 0) is 28.1 Å². The number of nitrogens with two attached hydrogens (primary N) is 1. The van der Waals surface area contributed by atoms with E-state index in [0.717, 1.165) is 15.0 Å². The molecule has 0 radical (unpaired) electrons. The molecule has 2 aromatic heterocycles. The molecule has 0 saturated heterocycles. The number of carbonyl (C=O) groups is 1. The van der Waals surface area contributed by atoms with E-state index in [1.54, 1.807) is 23.6 Å². The Morgan fingerprint density at radius 1 is 1.61 bits per heavy atom. The fraction of sp³-hybridized carbons (Fsp3) is 0.182. The first-order valence-corrected chi connectivity index (χ1v) is 6.78. The van der Waals surface area contributed by atoms with Gasteiger partial charge in [0.1, 0.15) is 5.82 Å². The number of hydrogen-bond donors (Lipinski definition) is 2. The summed E-state index contributed by atoms with van der Waals surface area (Å²) in [5.74, 6) is -0.616. The van der Waals surface area contributed by atoms with Crippen molar-refractivity contribution in [3.63, 3.8) is 0 Å². The summed E-state index contributed by atoms with van der Waals surface area (Å²) < 4.78 is 0.984. The van der Waals surface area contributed by atoms with Gasteiger partial charge >= 0.3 is 5.97 Å². The number of carboxylic acid groups (broad SMARTS) is 1. The largest absolute Gasteiger partial charge is 0.481 e. The van der Waals surface area contributed by atoms with E-state index in [-0.39, 0.29) is 6.42 Å². The van der Waals surface area contributed by atoms with Gasteiger partial charge in [-0.2, -0.15) is 0 Å². The SMILES string of the molecule is NC(CC(=O)O)c1nccc(-c2cc(Br)cs2)n1. The third kappa shape index (κ3) is 3.12. The van der Waals surface area contributed by atoms with E-state index in [9.17, 15) is 4.79 Å². The van der Waals surface area contributed by atoms with Gasteiger partial charge in [0.15, 0.2) is 0 Å². The number of hydrogen-bond acceptors (Lipinski definition) is 5. The zero-order valence-electron chi connectivity index (χ0n) is 9.21. The van der Waals surface area contributed by atoms with Crippen LogP contribution in [-0.2, 0) is 4.79 Å². The van der Waals surface area contributed by atoms with Crippen molar-refractivity contribution in [2.75, 3.05) is 0 Å². The number of nitrogens with zero attached hydrogens (tertiary/aromatic N) is 2. The molecule has 0 spiro atoms. The second kappa shape index (κ2) is 5.55. The number of thiophene rings is 1. The second-order valence-electron chi connectivity index (χ2n) is 3.63. The van der Waals surface area contributed by atoms with Crippen LogP contribution in [0.25, 0.3) is 10.6 Å². The van der Waals surface area contributed by atoms with Crippen molar-refractivity contribution in [3.8, 4) is 10.6 Å². The van der Waals surface area contributed by atoms with Gasteiger partial charge in [0, 0.05) is 16.0 Å². The van der Waals surface area contributed by atoms with Crippen LogP contribution in [0.2, 0.25) is 0 Å². The summed E-state index contributed by atoms with van der Waals surface area (Å²) in [4.78, 5) is 19.9. The molecule has 2 heterocycles. The Morgan fingerprint density at radius 3 is 3.00 bits per heavy atom. The van der Waals surface area contributed by atoms with Crippen molar-refractivity contribution in [2.24, 2.45) is 5.73 Å². The van der Waals surface area contributed by atoms with Crippen LogP contribution in [0.15, 0.2) is 28.2 Å². The average Bonchev–Trinajstić information content (AvgIpc) is 2.75. The zero-order chi connectivity index (χ0) is 13.1. The molecule has 94 valence electrons. The third-order valence-corrected chi connectivity index (χ3v) is 3.93. The minimum atomic E-state index is -0.963. The Hall–Kier alpha value is -1.31. The van der Waals surface area contributed by atoms with Crippen LogP contribution in [0, 0.1) is 0 Å². The minimum absolute atomic E-state index is 0.183. The van der Waals surface area contributed by atoms with Crippen molar-refractivity contribution in [1.82, 2.24) is 9.97 Å². The molecule has 0 aliphatic heterocycles. The number of aliphatic carboxylic acids is 1. The van der Waals surface area contributed by atoms with Crippen LogP contribution in [0.3, 0.4) is 0 Å². The first-order valence-electron chi connectivity index (χ1n) is 5.11. The lowest BCUT2D eigenvalue weighted by Crippen LogP contribution is -2.17. The van der Waals surface area contributed by atoms with E-state index in [1.807, 2.05) is 11.4 Å². The van der Waals surface area contributed by atoms with Gasteiger partial charge < -0.3 is 10.8 Å². The monoisotopic (exact) mass is 327 g/mol. The summed E-state index contributed by atoms with van der Waals surface area (Å²) in [6, 6.07) is 3.03. The quantitative estimate of drug-likeness (QED) is 0.900. The van der Waals surface area contributed by atoms with Crippen molar-refractivity contribution in [2.45, 2.75) is 12.5 Å². The van der Waals surface area contributed by atoms with Gasteiger partial charge in [-0.3, -0.25) is 4.79 Å². The molecule has 0 saturated carbocycles. The van der Waals surface area contributed by atoms with E-state index >= 15 is 0 Å². The molecule has 0 aromatic carbocycles. The van der Waals surface area contributed by atoms with Gasteiger partial charge in [0.25, 0.3) is 0 Å². The van der Waals surface area contributed by atoms with Gasteiger partial charge in [-0.25, -0.2) is 9.97 Å². The van der Waals surface area contributed by atoms with E-state index in [0.29, 0.717) is 5.82 Å². The van der Waals surface area contributed by atoms with Crippen LogP contribution >= 0.6 is 27.3 Å². The topological polar surface area (TPSA) is 89.1 Å². The van der Waals surface area contributed by atoms with Gasteiger partial charge in [-0.1, -0.05) is 0 Å². The molecule has 2 rings (SSSR count). The van der Waals surface area contributed by atoms with E-state index in [2.05, 4.69) is 25.9 Å². The highest BCUT2D eigenvalue weighted by Crippen LogP contribution is 2.28. The molecule has 7 heteroatoms. The maximum atomic E-state index is 10.6. The highest BCUT2D eigenvalue weighted by molar-refractivity contribution is 9.10. The van der Waals surface area contributed by atoms with Crippen molar-refractivity contribution in [3.05, 3.63) is 34.0 Å². The molecule has 18 heavy (non-hydrogen) atoms. The summed E-state index contributed by atoms with van der Waals surface area (Å²) in [6.07, 6.45) is 1.41. The fourth-order valence-electron chi connectivity index (χ4n) is 1.42. The Bertz CT molecular complexity index is 573. The summed E-state index contributed by atoms with van der Waals surface area (Å²) in [5.41, 5.74) is 6.48. The number of carboxylic acids is 1. The standard InChI is InChI=1S/C11H10BrN3O2S/c12-6-3-9(18-5-6)8-1-2-14-11(15-8)7(13)4-10(16)17/h1-3,5,7H,4,13H2,(H,16,17). The maximum absolute atomic E-state index is 10.6. The molecule has 0 aliphatic carbocycles. The molecule has 5 nitrogen and oxygen atoms in total. The number of halogens is 1. The zero-order valence-corrected chi connectivity index (χ0v) is 11.6. The third-order valence-electron chi connectivity index (χ3n) is 2.22. The molecular weight excluding hydrogens is 318 g/mol. The summed E-state index contributed by atoms with van der Waals surface area (Å²) in [5, 5.41) is 10.6. The molecule has 1 unspecified atom stereocenters. The van der Waals surface area contributed by atoms with Gasteiger partial charge in [0.05, 0.1) is 23.0 Å². The summed E-state index contributed by atoms with van der Waals surface area (Å²) >= 11 is 4.92.